The molecule has 0 spiro atoms. The maximum atomic E-state index is 5.43. The summed E-state index contributed by atoms with van der Waals surface area (Å²) in [5.74, 6) is 5.44. The second kappa shape index (κ2) is 6.12. The number of nitrogens with two attached hydrogens (primary N) is 1. The third-order valence-corrected chi connectivity index (χ3v) is 3.00. The van der Waals surface area contributed by atoms with E-state index < -0.39 is 0 Å². The summed E-state index contributed by atoms with van der Waals surface area (Å²) in [6, 6.07) is 4.40. The van der Waals surface area contributed by atoms with Crippen molar-refractivity contribution in [2.45, 2.75) is 6.42 Å². The van der Waals surface area contributed by atoms with E-state index in [2.05, 4.69) is 26.4 Å². The Labute approximate surface area is 108 Å². The van der Waals surface area contributed by atoms with Gasteiger partial charge in [0.05, 0.1) is 13.7 Å². The topological polar surface area (TPSA) is 95.2 Å². The number of anilines is 1. The highest BCUT2D eigenvalue weighted by atomic mass is 32.1. The molecule has 0 saturated carbocycles. The summed E-state index contributed by atoms with van der Waals surface area (Å²) in [6.45, 7) is 0.484. The van der Waals surface area contributed by atoms with Crippen LogP contribution >= 0.6 is 11.3 Å². The third-order valence-electron chi connectivity index (χ3n) is 2.07. The van der Waals surface area contributed by atoms with E-state index >= 15 is 0 Å². The fourth-order valence-corrected chi connectivity index (χ4v) is 1.95. The van der Waals surface area contributed by atoms with E-state index in [1.807, 2.05) is 11.4 Å². The number of aromatic nitrogens is 3. The van der Waals surface area contributed by atoms with E-state index in [-0.39, 0.29) is 18.0 Å². The Morgan fingerprint density at radius 1 is 1.33 bits per heavy atom. The molecule has 2 heterocycles. The quantitative estimate of drug-likeness (QED) is 0.591. The first-order chi connectivity index (χ1) is 8.81. The average Bonchev–Trinajstić information content (AvgIpc) is 2.91. The Balaban J connectivity index is 1.95. The maximum Gasteiger partial charge on any atom is 0.324 e. The van der Waals surface area contributed by atoms with Crippen LogP contribution in [0.2, 0.25) is 0 Å². The highest BCUT2D eigenvalue weighted by Crippen LogP contribution is 2.13. The highest BCUT2D eigenvalue weighted by molar-refractivity contribution is 7.09. The molecule has 0 radical (unpaired) electrons. The molecule has 0 unspecified atom stereocenters. The number of nitrogen functional groups attached to an aromatic ring is 1. The minimum absolute atomic E-state index is 0.157. The number of thiophene rings is 1. The summed E-state index contributed by atoms with van der Waals surface area (Å²) >= 11 is 1.68. The van der Waals surface area contributed by atoms with Gasteiger partial charge in [0.15, 0.2) is 0 Å². The van der Waals surface area contributed by atoms with Crippen LogP contribution in [0.15, 0.2) is 17.5 Å². The van der Waals surface area contributed by atoms with Crippen molar-refractivity contribution in [1.29, 1.82) is 0 Å². The van der Waals surface area contributed by atoms with E-state index in [1.165, 1.54) is 12.0 Å². The SMILES string of the molecule is COc1nc(NN)nc(OCCc2cccs2)n1. The summed E-state index contributed by atoms with van der Waals surface area (Å²) in [6.07, 6.45) is 0.803. The second-order valence-electron chi connectivity index (χ2n) is 3.25. The molecule has 8 heteroatoms. The zero-order valence-corrected chi connectivity index (χ0v) is 10.6. The molecule has 0 fully saturated rings. The van der Waals surface area contributed by atoms with Gasteiger partial charge in [-0.1, -0.05) is 6.07 Å². The normalized spacial score (nSPS) is 10.1. The van der Waals surface area contributed by atoms with Crippen molar-refractivity contribution in [3.8, 4) is 12.0 Å². The van der Waals surface area contributed by atoms with E-state index in [9.17, 15) is 0 Å². The van der Waals surface area contributed by atoms with Crippen LogP contribution in [0.5, 0.6) is 12.0 Å². The number of hydrogen-bond acceptors (Lipinski definition) is 8. The lowest BCUT2D eigenvalue weighted by Gasteiger charge is -2.06. The number of rotatable bonds is 6. The van der Waals surface area contributed by atoms with Crippen molar-refractivity contribution in [3.63, 3.8) is 0 Å². The minimum atomic E-state index is 0.157. The van der Waals surface area contributed by atoms with Gasteiger partial charge in [-0.25, -0.2) is 5.84 Å². The molecule has 0 aliphatic rings. The monoisotopic (exact) mass is 267 g/mol. The molecule has 2 rings (SSSR count). The number of ether oxygens (including phenoxy) is 2. The van der Waals surface area contributed by atoms with Crippen molar-refractivity contribution in [2.24, 2.45) is 5.84 Å². The van der Waals surface area contributed by atoms with Crippen molar-refractivity contribution < 1.29 is 9.47 Å². The molecule has 0 bridgehead atoms. The summed E-state index contributed by atoms with van der Waals surface area (Å²) in [7, 11) is 1.46. The van der Waals surface area contributed by atoms with Gasteiger partial charge >= 0.3 is 12.0 Å². The molecule has 3 N–H and O–H groups in total. The van der Waals surface area contributed by atoms with Crippen molar-refractivity contribution in [2.75, 3.05) is 19.1 Å². The fourth-order valence-electron chi connectivity index (χ4n) is 1.26. The van der Waals surface area contributed by atoms with Gasteiger partial charge in [0.25, 0.3) is 0 Å². The van der Waals surface area contributed by atoms with Crippen LogP contribution in [-0.2, 0) is 6.42 Å². The van der Waals surface area contributed by atoms with Gasteiger partial charge in [0.2, 0.25) is 5.95 Å². The highest BCUT2D eigenvalue weighted by Gasteiger charge is 2.07. The Morgan fingerprint density at radius 3 is 2.83 bits per heavy atom. The number of hydrazine groups is 1. The summed E-state index contributed by atoms with van der Waals surface area (Å²) in [5, 5.41) is 2.03. The first kappa shape index (κ1) is 12.5. The molecule has 0 saturated heterocycles. The van der Waals surface area contributed by atoms with Crippen LogP contribution < -0.4 is 20.7 Å². The van der Waals surface area contributed by atoms with E-state index in [0.717, 1.165) is 6.42 Å². The predicted octanol–water partition coefficient (Wildman–Crippen LogP) is 0.849. The first-order valence-electron chi connectivity index (χ1n) is 5.23. The van der Waals surface area contributed by atoms with Gasteiger partial charge in [-0.2, -0.15) is 9.97 Å². The molecule has 0 amide bonds. The van der Waals surface area contributed by atoms with Gasteiger partial charge in [-0.3, -0.25) is 5.43 Å². The Bertz CT molecular complexity index is 469. The van der Waals surface area contributed by atoms with Crippen LogP contribution in [0, 0.1) is 0 Å². The lowest BCUT2D eigenvalue weighted by atomic mass is 10.4. The Hall–Kier alpha value is -1.93. The molecule has 0 aliphatic heterocycles. The molecular formula is C10H13N5O2S. The fraction of sp³-hybridized carbons (Fsp3) is 0.300. The molecule has 2 aromatic heterocycles. The van der Waals surface area contributed by atoms with Crippen LogP contribution in [0.3, 0.4) is 0 Å². The van der Waals surface area contributed by atoms with E-state index in [0.29, 0.717) is 6.61 Å². The summed E-state index contributed by atoms with van der Waals surface area (Å²) < 4.78 is 10.3. The zero-order valence-electron chi connectivity index (χ0n) is 9.79. The lowest BCUT2D eigenvalue weighted by Crippen LogP contribution is -2.13. The van der Waals surface area contributed by atoms with Gasteiger partial charge in [-0.15, -0.1) is 16.3 Å². The van der Waals surface area contributed by atoms with Gasteiger partial charge in [0.1, 0.15) is 0 Å². The molecule has 18 heavy (non-hydrogen) atoms. The van der Waals surface area contributed by atoms with Crippen molar-refractivity contribution in [3.05, 3.63) is 22.4 Å². The zero-order chi connectivity index (χ0) is 12.8. The van der Waals surface area contributed by atoms with E-state index in [4.69, 9.17) is 15.3 Å². The predicted molar refractivity (Wildman–Crippen MR) is 67.7 cm³/mol. The smallest absolute Gasteiger partial charge is 0.324 e. The maximum absolute atomic E-state index is 5.43. The van der Waals surface area contributed by atoms with Crippen LogP contribution in [-0.4, -0.2) is 28.7 Å². The Morgan fingerprint density at radius 2 is 2.17 bits per heavy atom. The standard InChI is InChI=1S/C10H13N5O2S/c1-16-9-12-8(15-11)13-10(14-9)17-5-4-7-3-2-6-18-7/h2-3,6H,4-5,11H2,1H3,(H,12,13,14,15). The molecular weight excluding hydrogens is 254 g/mol. The second-order valence-corrected chi connectivity index (χ2v) is 4.28. The van der Waals surface area contributed by atoms with Crippen molar-refractivity contribution in [1.82, 2.24) is 15.0 Å². The number of nitrogens with one attached hydrogen (secondary N) is 1. The Kier molecular flexibility index (Phi) is 4.26. The van der Waals surface area contributed by atoms with Gasteiger partial charge < -0.3 is 9.47 Å². The summed E-state index contributed by atoms with van der Waals surface area (Å²) in [4.78, 5) is 13.0. The number of methoxy groups -OCH3 is 1. The summed E-state index contributed by atoms with van der Waals surface area (Å²) in [5.41, 5.74) is 2.33. The van der Waals surface area contributed by atoms with E-state index in [1.54, 1.807) is 11.3 Å². The average molecular weight is 267 g/mol. The molecule has 96 valence electrons. The molecule has 0 aromatic carbocycles. The largest absolute Gasteiger partial charge is 0.467 e. The lowest BCUT2D eigenvalue weighted by molar-refractivity contribution is 0.285. The van der Waals surface area contributed by atoms with Crippen LogP contribution in [0.1, 0.15) is 4.88 Å². The molecule has 2 aromatic rings. The van der Waals surface area contributed by atoms with Crippen LogP contribution in [0.4, 0.5) is 5.95 Å². The third kappa shape index (κ3) is 3.28. The first-order valence-corrected chi connectivity index (χ1v) is 6.11. The molecule has 0 aliphatic carbocycles. The van der Waals surface area contributed by atoms with Gasteiger partial charge in [0, 0.05) is 11.3 Å². The molecule has 0 atom stereocenters. The number of hydrogen-bond donors (Lipinski definition) is 2. The number of nitrogens with zero attached hydrogens (tertiary/aromatic N) is 3. The van der Waals surface area contributed by atoms with Crippen molar-refractivity contribution >= 4 is 17.3 Å². The van der Waals surface area contributed by atoms with Crippen LogP contribution in [0.25, 0.3) is 0 Å². The minimum Gasteiger partial charge on any atom is -0.467 e. The van der Waals surface area contributed by atoms with Gasteiger partial charge in [-0.05, 0) is 11.4 Å². The molecule has 7 nitrogen and oxygen atoms in total.